The summed E-state index contributed by atoms with van der Waals surface area (Å²) in [6, 6.07) is 1.57. The molecule has 2 rings (SSSR count). The Morgan fingerprint density at radius 3 is 2.79 bits per heavy atom. The first kappa shape index (κ1) is 13.3. The molecule has 1 fully saturated rings. The quantitative estimate of drug-likeness (QED) is 0.619. The van der Waals surface area contributed by atoms with Gasteiger partial charge in [0.25, 0.3) is 5.69 Å². The Labute approximate surface area is 110 Å². The van der Waals surface area contributed by atoms with Gasteiger partial charge in [0.2, 0.25) is 0 Å². The third kappa shape index (κ3) is 3.40. The van der Waals surface area contributed by atoms with Crippen molar-refractivity contribution in [2.75, 3.05) is 18.0 Å². The standard InChI is InChI=1S/C12H15N3O4/c1-8-4-11(13-5-10(8)15(18)19)14(7-12(16)17)6-9-2-3-9/h4-5,9H,2-3,6-7H2,1H3,(H,16,17). The minimum absolute atomic E-state index is 0.0505. The maximum absolute atomic E-state index is 10.9. The van der Waals surface area contributed by atoms with E-state index in [4.69, 9.17) is 5.11 Å². The summed E-state index contributed by atoms with van der Waals surface area (Å²) in [4.78, 5) is 26.8. The predicted octanol–water partition coefficient (Wildman–Crippen LogP) is 1.60. The molecule has 0 spiro atoms. The summed E-state index contributed by atoms with van der Waals surface area (Å²) in [6.45, 7) is 2.12. The average Bonchev–Trinajstić information content (AvgIpc) is 3.10. The second kappa shape index (κ2) is 5.21. The number of aromatic nitrogens is 1. The second-order valence-corrected chi connectivity index (χ2v) is 4.80. The van der Waals surface area contributed by atoms with Crippen LogP contribution in [0.15, 0.2) is 12.3 Å². The molecule has 1 aromatic rings. The van der Waals surface area contributed by atoms with E-state index in [1.807, 2.05) is 0 Å². The average molecular weight is 265 g/mol. The van der Waals surface area contributed by atoms with Gasteiger partial charge in [-0.15, -0.1) is 0 Å². The highest BCUT2D eigenvalue weighted by atomic mass is 16.6. The van der Waals surface area contributed by atoms with Gasteiger partial charge >= 0.3 is 5.97 Å². The topological polar surface area (TPSA) is 96.6 Å². The first-order chi connectivity index (χ1) is 8.97. The van der Waals surface area contributed by atoms with E-state index < -0.39 is 10.9 Å². The number of aryl methyl sites for hydroxylation is 1. The van der Waals surface area contributed by atoms with Gasteiger partial charge in [-0.3, -0.25) is 14.9 Å². The van der Waals surface area contributed by atoms with E-state index in [1.54, 1.807) is 17.9 Å². The molecular weight excluding hydrogens is 250 g/mol. The summed E-state index contributed by atoms with van der Waals surface area (Å²) in [7, 11) is 0. The van der Waals surface area contributed by atoms with Gasteiger partial charge < -0.3 is 10.0 Å². The van der Waals surface area contributed by atoms with Crippen LogP contribution in [0.25, 0.3) is 0 Å². The van der Waals surface area contributed by atoms with Gasteiger partial charge in [-0.25, -0.2) is 4.98 Å². The molecular formula is C12H15N3O4. The minimum Gasteiger partial charge on any atom is -0.480 e. The molecule has 1 N–H and O–H groups in total. The summed E-state index contributed by atoms with van der Waals surface area (Å²) < 4.78 is 0. The minimum atomic E-state index is -0.932. The molecule has 0 unspecified atom stereocenters. The lowest BCUT2D eigenvalue weighted by Crippen LogP contribution is -2.32. The highest BCUT2D eigenvalue weighted by Crippen LogP contribution is 2.31. The Bertz CT molecular complexity index is 514. The Kier molecular flexibility index (Phi) is 3.64. The molecule has 0 radical (unpaired) electrons. The second-order valence-electron chi connectivity index (χ2n) is 4.80. The first-order valence-corrected chi connectivity index (χ1v) is 6.05. The lowest BCUT2D eigenvalue weighted by atomic mass is 10.2. The number of carboxylic acids is 1. The normalized spacial score (nSPS) is 14.2. The molecule has 1 aliphatic rings. The van der Waals surface area contributed by atoms with E-state index in [1.165, 1.54) is 6.20 Å². The van der Waals surface area contributed by atoms with Crippen LogP contribution in [0.5, 0.6) is 0 Å². The predicted molar refractivity (Wildman–Crippen MR) is 68.2 cm³/mol. The smallest absolute Gasteiger partial charge is 0.323 e. The Morgan fingerprint density at radius 2 is 2.32 bits per heavy atom. The van der Waals surface area contributed by atoms with E-state index >= 15 is 0 Å². The zero-order valence-corrected chi connectivity index (χ0v) is 10.6. The number of hydrogen-bond acceptors (Lipinski definition) is 5. The maximum Gasteiger partial charge on any atom is 0.323 e. The van der Waals surface area contributed by atoms with Gasteiger partial charge in [0, 0.05) is 12.1 Å². The van der Waals surface area contributed by atoms with Crippen LogP contribution in [0.4, 0.5) is 11.5 Å². The molecule has 102 valence electrons. The molecule has 7 nitrogen and oxygen atoms in total. The molecule has 0 bridgehead atoms. The number of hydrogen-bond donors (Lipinski definition) is 1. The molecule has 19 heavy (non-hydrogen) atoms. The lowest BCUT2D eigenvalue weighted by Gasteiger charge is -2.21. The van der Waals surface area contributed by atoms with Gasteiger partial charge in [0.15, 0.2) is 0 Å². The Morgan fingerprint density at radius 1 is 1.63 bits per heavy atom. The molecule has 1 aromatic heterocycles. The van der Waals surface area contributed by atoms with Crippen molar-refractivity contribution in [3.05, 3.63) is 27.9 Å². The van der Waals surface area contributed by atoms with Crippen molar-refractivity contribution in [2.24, 2.45) is 5.92 Å². The SMILES string of the molecule is Cc1cc(N(CC(=O)O)CC2CC2)ncc1[N+](=O)[O-]. The van der Waals surface area contributed by atoms with E-state index in [9.17, 15) is 14.9 Å². The van der Waals surface area contributed by atoms with Crippen LogP contribution in [0.2, 0.25) is 0 Å². The summed E-state index contributed by atoms with van der Waals surface area (Å²) in [5.41, 5.74) is 0.437. The number of anilines is 1. The van der Waals surface area contributed by atoms with E-state index in [0.717, 1.165) is 12.8 Å². The molecule has 0 aromatic carbocycles. The molecule has 0 aliphatic heterocycles. The Balaban J connectivity index is 2.22. The Hall–Kier alpha value is -2.18. The third-order valence-electron chi connectivity index (χ3n) is 3.09. The molecule has 0 saturated heterocycles. The largest absolute Gasteiger partial charge is 0.480 e. The fourth-order valence-corrected chi connectivity index (χ4v) is 1.91. The molecule has 0 amide bonds. The van der Waals surface area contributed by atoms with E-state index in [0.29, 0.717) is 23.8 Å². The number of nitro groups is 1. The summed E-state index contributed by atoms with van der Waals surface area (Å²) in [6.07, 6.45) is 3.39. The summed E-state index contributed by atoms with van der Waals surface area (Å²) in [5, 5.41) is 19.6. The number of aliphatic carboxylic acids is 1. The van der Waals surface area contributed by atoms with E-state index in [-0.39, 0.29) is 12.2 Å². The summed E-state index contributed by atoms with van der Waals surface area (Å²) >= 11 is 0. The van der Waals surface area contributed by atoms with Crippen LogP contribution in [-0.2, 0) is 4.79 Å². The number of carboxylic acid groups (broad SMARTS) is 1. The van der Waals surface area contributed by atoms with Crippen LogP contribution in [0.3, 0.4) is 0 Å². The zero-order valence-electron chi connectivity index (χ0n) is 10.6. The number of pyridine rings is 1. The number of rotatable bonds is 6. The van der Waals surface area contributed by atoms with Crippen molar-refractivity contribution < 1.29 is 14.8 Å². The van der Waals surface area contributed by atoms with Gasteiger partial charge in [0.05, 0.1) is 4.92 Å². The maximum atomic E-state index is 10.9. The van der Waals surface area contributed by atoms with Crippen LogP contribution < -0.4 is 4.90 Å². The van der Waals surface area contributed by atoms with Gasteiger partial charge in [-0.2, -0.15) is 0 Å². The lowest BCUT2D eigenvalue weighted by molar-refractivity contribution is -0.385. The first-order valence-electron chi connectivity index (χ1n) is 6.05. The van der Waals surface area contributed by atoms with Crippen LogP contribution in [0, 0.1) is 23.0 Å². The van der Waals surface area contributed by atoms with Crippen LogP contribution in [0.1, 0.15) is 18.4 Å². The number of carbonyl (C=O) groups is 1. The van der Waals surface area contributed by atoms with Crippen LogP contribution >= 0.6 is 0 Å². The van der Waals surface area contributed by atoms with Gasteiger partial charge in [-0.05, 0) is 31.7 Å². The fourth-order valence-electron chi connectivity index (χ4n) is 1.91. The number of nitrogens with zero attached hydrogens (tertiary/aromatic N) is 3. The molecule has 1 heterocycles. The molecule has 7 heteroatoms. The monoisotopic (exact) mass is 265 g/mol. The van der Waals surface area contributed by atoms with Crippen molar-refractivity contribution in [1.82, 2.24) is 4.98 Å². The van der Waals surface area contributed by atoms with Gasteiger partial charge in [-0.1, -0.05) is 0 Å². The van der Waals surface area contributed by atoms with Crippen LogP contribution in [-0.4, -0.2) is 34.1 Å². The van der Waals surface area contributed by atoms with Gasteiger partial charge in [0.1, 0.15) is 18.6 Å². The van der Waals surface area contributed by atoms with Crippen molar-refractivity contribution in [2.45, 2.75) is 19.8 Å². The van der Waals surface area contributed by atoms with Crippen molar-refractivity contribution in [3.8, 4) is 0 Å². The molecule has 0 atom stereocenters. The summed E-state index contributed by atoms with van der Waals surface area (Å²) in [5.74, 6) is 0.0625. The van der Waals surface area contributed by atoms with Crippen molar-refractivity contribution in [3.63, 3.8) is 0 Å². The molecule has 1 aliphatic carbocycles. The van der Waals surface area contributed by atoms with Crippen molar-refractivity contribution in [1.29, 1.82) is 0 Å². The third-order valence-corrected chi connectivity index (χ3v) is 3.09. The van der Waals surface area contributed by atoms with Crippen molar-refractivity contribution >= 4 is 17.5 Å². The highest BCUT2D eigenvalue weighted by molar-refractivity contribution is 5.73. The molecule has 1 saturated carbocycles. The highest BCUT2D eigenvalue weighted by Gasteiger charge is 2.26. The van der Waals surface area contributed by atoms with E-state index in [2.05, 4.69) is 4.98 Å². The zero-order chi connectivity index (χ0) is 14.0. The fraction of sp³-hybridized carbons (Fsp3) is 0.500.